The summed E-state index contributed by atoms with van der Waals surface area (Å²) < 4.78 is 7.00. The van der Waals surface area contributed by atoms with Gasteiger partial charge in [0.25, 0.3) is 0 Å². The summed E-state index contributed by atoms with van der Waals surface area (Å²) in [6.45, 7) is 1.67. The maximum atomic E-state index is 11.2. The Morgan fingerprint density at radius 2 is 2.32 bits per heavy atom. The smallest absolute Gasteiger partial charge is 0.237 e. The minimum absolute atomic E-state index is 0.123. The minimum atomic E-state index is -0.391. The van der Waals surface area contributed by atoms with Crippen molar-refractivity contribution in [2.75, 3.05) is 25.1 Å². The first-order chi connectivity index (χ1) is 12.1. The summed E-state index contributed by atoms with van der Waals surface area (Å²) in [5.41, 5.74) is 6.56. The fourth-order valence-electron chi connectivity index (χ4n) is 3.35. The molecule has 0 unspecified atom stereocenters. The third-order valence-electron chi connectivity index (χ3n) is 4.40. The Bertz CT molecular complexity index is 810. The van der Waals surface area contributed by atoms with Crippen molar-refractivity contribution in [3.05, 3.63) is 36.0 Å². The molecule has 1 atom stereocenters. The summed E-state index contributed by atoms with van der Waals surface area (Å²) in [6.07, 6.45) is 7.04. The molecule has 1 fully saturated rings. The van der Waals surface area contributed by atoms with E-state index in [0.717, 1.165) is 30.9 Å². The summed E-state index contributed by atoms with van der Waals surface area (Å²) in [5, 5.41) is 9.49. The van der Waals surface area contributed by atoms with Crippen molar-refractivity contribution in [2.24, 2.45) is 5.73 Å². The average Bonchev–Trinajstić information content (AvgIpc) is 3.08. The average molecular weight is 340 g/mol. The van der Waals surface area contributed by atoms with Crippen molar-refractivity contribution >= 4 is 11.6 Å². The first-order valence-corrected chi connectivity index (χ1v) is 8.11. The molecule has 3 rings (SSSR count). The molecule has 3 heterocycles. The second-order valence-corrected chi connectivity index (χ2v) is 5.99. The quantitative estimate of drug-likeness (QED) is 0.870. The van der Waals surface area contributed by atoms with Crippen LogP contribution in [0.15, 0.2) is 24.7 Å². The first-order valence-electron chi connectivity index (χ1n) is 8.11. The molecule has 2 aromatic rings. The van der Waals surface area contributed by atoms with Crippen LogP contribution in [0, 0.1) is 11.3 Å². The molecule has 25 heavy (non-hydrogen) atoms. The number of nitriles is 1. The SMILES string of the molecule is COc1nccc(N2CCC[C@H](c3nccn3CC(N)=O)C2)c1C#N. The van der Waals surface area contributed by atoms with E-state index in [-0.39, 0.29) is 12.5 Å². The molecule has 0 aliphatic carbocycles. The lowest BCUT2D eigenvalue weighted by atomic mass is 9.96. The van der Waals surface area contributed by atoms with Gasteiger partial charge in [-0.3, -0.25) is 4.79 Å². The lowest BCUT2D eigenvalue weighted by molar-refractivity contribution is -0.118. The maximum Gasteiger partial charge on any atom is 0.237 e. The van der Waals surface area contributed by atoms with Crippen LogP contribution in [0.1, 0.15) is 30.1 Å². The van der Waals surface area contributed by atoms with Gasteiger partial charge in [0.05, 0.1) is 12.8 Å². The van der Waals surface area contributed by atoms with Gasteiger partial charge in [0.1, 0.15) is 24.0 Å². The Balaban J connectivity index is 1.87. The number of carbonyl (C=O) groups is 1. The predicted octanol–water partition coefficient (Wildman–Crippen LogP) is 1.03. The number of nitrogens with two attached hydrogens (primary N) is 1. The molecular formula is C17H20N6O2. The Labute approximate surface area is 145 Å². The molecule has 8 nitrogen and oxygen atoms in total. The third kappa shape index (κ3) is 3.40. The molecule has 0 aromatic carbocycles. The number of carbonyl (C=O) groups excluding carboxylic acids is 1. The molecule has 2 aromatic heterocycles. The van der Waals surface area contributed by atoms with Crippen molar-refractivity contribution < 1.29 is 9.53 Å². The van der Waals surface area contributed by atoms with E-state index in [4.69, 9.17) is 10.5 Å². The van der Waals surface area contributed by atoms with Crippen LogP contribution >= 0.6 is 0 Å². The van der Waals surface area contributed by atoms with E-state index in [1.54, 1.807) is 23.2 Å². The van der Waals surface area contributed by atoms with Gasteiger partial charge in [0, 0.05) is 37.6 Å². The van der Waals surface area contributed by atoms with Gasteiger partial charge in [-0.25, -0.2) is 9.97 Å². The molecule has 130 valence electrons. The third-order valence-corrected chi connectivity index (χ3v) is 4.40. The second-order valence-electron chi connectivity index (χ2n) is 5.99. The van der Waals surface area contributed by atoms with Gasteiger partial charge >= 0.3 is 0 Å². The monoisotopic (exact) mass is 340 g/mol. The summed E-state index contributed by atoms with van der Waals surface area (Å²) in [6, 6.07) is 4.02. The number of primary amides is 1. The van der Waals surface area contributed by atoms with Crippen LogP contribution in [0.4, 0.5) is 5.69 Å². The van der Waals surface area contributed by atoms with E-state index in [1.807, 2.05) is 6.07 Å². The molecule has 1 aliphatic heterocycles. The minimum Gasteiger partial charge on any atom is -0.480 e. The number of anilines is 1. The van der Waals surface area contributed by atoms with E-state index in [2.05, 4.69) is 20.9 Å². The molecule has 0 saturated carbocycles. The highest BCUT2D eigenvalue weighted by Crippen LogP contribution is 2.33. The fraction of sp³-hybridized carbons (Fsp3) is 0.412. The van der Waals surface area contributed by atoms with Gasteiger partial charge < -0.3 is 19.9 Å². The van der Waals surface area contributed by atoms with Crippen molar-refractivity contribution in [3.8, 4) is 11.9 Å². The normalized spacial score (nSPS) is 17.1. The van der Waals surface area contributed by atoms with Crippen LogP contribution in [0.5, 0.6) is 5.88 Å². The molecule has 0 radical (unpaired) electrons. The Morgan fingerprint density at radius 3 is 3.04 bits per heavy atom. The number of pyridine rings is 1. The molecule has 0 spiro atoms. The molecular weight excluding hydrogens is 320 g/mol. The molecule has 1 amide bonds. The Kier molecular flexibility index (Phi) is 4.84. The predicted molar refractivity (Wildman–Crippen MR) is 91.1 cm³/mol. The van der Waals surface area contributed by atoms with E-state index < -0.39 is 5.91 Å². The zero-order valence-electron chi connectivity index (χ0n) is 14.1. The molecule has 2 N–H and O–H groups in total. The van der Waals surface area contributed by atoms with Gasteiger partial charge in [-0.2, -0.15) is 5.26 Å². The van der Waals surface area contributed by atoms with Crippen LogP contribution < -0.4 is 15.4 Å². The number of aromatic nitrogens is 3. The number of imidazole rings is 1. The number of amides is 1. The molecule has 1 aliphatic rings. The second kappa shape index (κ2) is 7.21. The fourth-order valence-corrected chi connectivity index (χ4v) is 3.35. The number of nitrogens with zero attached hydrogens (tertiary/aromatic N) is 5. The number of ether oxygens (including phenoxy) is 1. The number of piperidine rings is 1. The maximum absolute atomic E-state index is 11.2. The zero-order chi connectivity index (χ0) is 17.8. The topological polar surface area (TPSA) is 110 Å². The standard InChI is InChI=1S/C17H20N6O2/c1-25-17-13(9-18)14(4-5-21-17)22-7-2-3-12(10-22)16-20-6-8-23(16)11-15(19)24/h4-6,8,12H,2-3,7,10-11H2,1H3,(H2,19,24)/t12-/m0/s1. The summed E-state index contributed by atoms with van der Waals surface area (Å²) in [4.78, 5) is 21.9. The molecule has 8 heteroatoms. The summed E-state index contributed by atoms with van der Waals surface area (Å²) >= 11 is 0. The lowest BCUT2D eigenvalue weighted by Gasteiger charge is -2.34. The summed E-state index contributed by atoms with van der Waals surface area (Å²) in [7, 11) is 1.51. The Morgan fingerprint density at radius 1 is 1.48 bits per heavy atom. The van der Waals surface area contributed by atoms with Gasteiger partial charge in [0.2, 0.25) is 11.8 Å². The van der Waals surface area contributed by atoms with Gasteiger partial charge in [-0.15, -0.1) is 0 Å². The van der Waals surface area contributed by atoms with Crippen molar-refractivity contribution in [3.63, 3.8) is 0 Å². The van der Waals surface area contributed by atoms with Crippen molar-refractivity contribution in [1.29, 1.82) is 5.26 Å². The highest BCUT2D eigenvalue weighted by atomic mass is 16.5. The number of hydrogen-bond donors (Lipinski definition) is 1. The Hall–Kier alpha value is -3.08. The van der Waals surface area contributed by atoms with Crippen LogP contribution in [-0.2, 0) is 11.3 Å². The zero-order valence-corrected chi connectivity index (χ0v) is 14.1. The summed E-state index contributed by atoms with van der Waals surface area (Å²) in [5.74, 6) is 0.951. The van der Waals surface area contributed by atoms with E-state index >= 15 is 0 Å². The number of hydrogen-bond acceptors (Lipinski definition) is 6. The van der Waals surface area contributed by atoms with Gasteiger partial charge in [0.15, 0.2) is 0 Å². The van der Waals surface area contributed by atoms with Crippen LogP contribution in [0.2, 0.25) is 0 Å². The molecule has 0 bridgehead atoms. The largest absolute Gasteiger partial charge is 0.480 e. The van der Waals surface area contributed by atoms with Crippen LogP contribution in [-0.4, -0.2) is 40.6 Å². The van der Waals surface area contributed by atoms with E-state index in [0.29, 0.717) is 18.0 Å². The number of methoxy groups -OCH3 is 1. The number of rotatable bonds is 5. The van der Waals surface area contributed by atoms with Gasteiger partial charge in [-0.05, 0) is 18.9 Å². The van der Waals surface area contributed by atoms with E-state index in [1.165, 1.54) is 7.11 Å². The van der Waals surface area contributed by atoms with Gasteiger partial charge in [-0.1, -0.05) is 0 Å². The van der Waals surface area contributed by atoms with Crippen LogP contribution in [0.3, 0.4) is 0 Å². The first kappa shape index (κ1) is 16.8. The van der Waals surface area contributed by atoms with Crippen molar-refractivity contribution in [2.45, 2.75) is 25.3 Å². The van der Waals surface area contributed by atoms with E-state index in [9.17, 15) is 10.1 Å². The molecule has 1 saturated heterocycles. The van der Waals surface area contributed by atoms with Crippen LogP contribution in [0.25, 0.3) is 0 Å². The lowest BCUT2D eigenvalue weighted by Crippen LogP contribution is -2.36. The van der Waals surface area contributed by atoms with Crippen molar-refractivity contribution in [1.82, 2.24) is 14.5 Å². The highest BCUT2D eigenvalue weighted by molar-refractivity contribution is 5.73. The highest BCUT2D eigenvalue weighted by Gasteiger charge is 2.27.